The molecule has 1 aliphatic rings. The SMILES string of the molecule is Cc1ccc(N(Cc2ccnc(-c3ccc(Cl)cc3)c2)C2CCN(Cc3ccnc(-c4cc(C)c(C)c(C)c4)c3)CC2)cc1. The van der Waals surface area contributed by atoms with Crippen molar-refractivity contribution in [1.82, 2.24) is 14.9 Å². The zero-order valence-electron chi connectivity index (χ0n) is 26.2. The molecule has 5 aromatic rings. The molecule has 0 atom stereocenters. The molecule has 0 radical (unpaired) electrons. The molecule has 0 N–H and O–H groups in total. The first-order chi connectivity index (χ1) is 21.3. The highest BCUT2D eigenvalue weighted by Crippen LogP contribution is 2.29. The Bertz CT molecular complexity index is 1700. The number of nitrogens with zero attached hydrogens (tertiary/aromatic N) is 4. The Morgan fingerprint density at radius 3 is 1.95 bits per heavy atom. The van der Waals surface area contributed by atoms with E-state index in [0.29, 0.717) is 6.04 Å². The Hall–Kier alpha value is -3.99. The number of pyridine rings is 2. The van der Waals surface area contributed by atoms with Crippen molar-refractivity contribution in [3.8, 4) is 22.5 Å². The van der Waals surface area contributed by atoms with Crippen molar-refractivity contribution in [2.24, 2.45) is 0 Å². The number of benzene rings is 3. The minimum atomic E-state index is 0.465. The van der Waals surface area contributed by atoms with Gasteiger partial charge in [-0.25, -0.2) is 0 Å². The van der Waals surface area contributed by atoms with Crippen LogP contribution in [0.4, 0.5) is 5.69 Å². The molecule has 2 aromatic heterocycles. The summed E-state index contributed by atoms with van der Waals surface area (Å²) < 4.78 is 0. The number of rotatable bonds is 8. The van der Waals surface area contributed by atoms with Crippen LogP contribution in [0.3, 0.4) is 0 Å². The van der Waals surface area contributed by atoms with Crippen LogP contribution in [0.15, 0.2) is 97.3 Å². The second-order valence-corrected chi connectivity index (χ2v) is 12.7. The van der Waals surface area contributed by atoms with E-state index in [9.17, 15) is 0 Å². The van der Waals surface area contributed by atoms with Gasteiger partial charge in [-0.1, -0.05) is 41.4 Å². The van der Waals surface area contributed by atoms with Gasteiger partial charge in [0.15, 0.2) is 0 Å². The second-order valence-electron chi connectivity index (χ2n) is 12.3. The third-order valence-corrected chi connectivity index (χ3v) is 9.39. The first-order valence-electron chi connectivity index (χ1n) is 15.6. The number of likely N-dealkylation sites (tertiary alicyclic amines) is 1. The van der Waals surface area contributed by atoms with E-state index in [-0.39, 0.29) is 0 Å². The lowest BCUT2D eigenvalue weighted by molar-refractivity contribution is 0.201. The highest BCUT2D eigenvalue weighted by Gasteiger charge is 2.25. The topological polar surface area (TPSA) is 32.3 Å². The number of anilines is 1. The average Bonchev–Trinajstić information content (AvgIpc) is 3.04. The van der Waals surface area contributed by atoms with Crippen LogP contribution in [0.1, 0.15) is 46.2 Å². The first kappa shape index (κ1) is 30.1. The molecule has 0 unspecified atom stereocenters. The third-order valence-electron chi connectivity index (χ3n) is 9.13. The molecular formula is C39H41ClN4. The van der Waals surface area contributed by atoms with Crippen LogP contribution >= 0.6 is 11.6 Å². The summed E-state index contributed by atoms with van der Waals surface area (Å²) in [6.07, 6.45) is 6.14. The van der Waals surface area contributed by atoms with Gasteiger partial charge in [-0.2, -0.15) is 0 Å². The van der Waals surface area contributed by atoms with Gasteiger partial charge >= 0.3 is 0 Å². The summed E-state index contributed by atoms with van der Waals surface area (Å²) in [5.41, 5.74) is 13.5. The predicted molar refractivity (Wildman–Crippen MR) is 184 cm³/mol. The van der Waals surface area contributed by atoms with Gasteiger partial charge in [-0.3, -0.25) is 14.9 Å². The van der Waals surface area contributed by atoms with E-state index in [4.69, 9.17) is 16.6 Å². The summed E-state index contributed by atoms with van der Waals surface area (Å²) in [6, 6.07) is 30.7. The van der Waals surface area contributed by atoms with Crippen LogP contribution in [-0.2, 0) is 13.1 Å². The summed E-state index contributed by atoms with van der Waals surface area (Å²) in [7, 11) is 0. The maximum Gasteiger partial charge on any atom is 0.0705 e. The number of aryl methyl sites for hydroxylation is 3. The lowest BCUT2D eigenvalue weighted by Crippen LogP contribution is -2.44. The van der Waals surface area contributed by atoms with Crippen molar-refractivity contribution in [2.45, 2.75) is 59.7 Å². The summed E-state index contributed by atoms with van der Waals surface area (Å²) in [6.45, 7) is 12.7. The normalized spacial score (nSPS) is 14.1. The van der Waals surface area contributed by atoms with Gasteiger partial charge in [0.25, 0.3) is 0 Å². The van der Waals surface area contributed by atoms with Gasteiger partial charge in [-0.05, 0) is 129 Å². The van der Waals surface area contributed by atoms with Crippen molar-refractivity contribution in [1.29, 1.82) is 0 Å². The van der Waals surface area contributed by atoms with Crippen molar-refractivity contribution in [3.05, 3.63) is 136 Å². The number of hydrogen-bond acceptors (Lipinski definition) is 4. The van der Waals surface area contributed by atoms with Crippen LogP contribution in [-0.4, -0.2) is 34.0 Å². The Balaban J connectivity index is 1.16. The molecule has 0 aliphatic carbocycles. The van der Waals surface area contributed by atoms with E-state index >= 15 is 0 Å². The maximum atomic E-state index is 6.13. The number of halogens is 1. The molecule has 1 saturated heterocycles. The van der Waals surface area contributed by atoms with Gasteiger partial charge < -0.3 is 4.90 Å². The lowest BCUT2D eigenvalue weighted by Gasteiger charge is -2.40. The standard InChI is InChI=1S/C39H41ClN4/c1-27-5-11-36(12-6-27)44(26-32-14-18-41-38(24-32)33-7-9-35(40)10-8-33)37-15-19-43(20-16-37)25-31-13-17-42-39(23-31)34-21-28(2)30(4)29(3)22-34/h5-14,17-18,21-24,37H,15-16,19-20,25-26H2,1-4H3. The molecule has 5 heteroatoms. The third kappa shape index (κ3) is 7.04. The van der Waals surface area contributed by atoms with E-state index in [0.717, 1.165) is 61.0 Å². The van der Waals surface area contributed by atoms with E-state index in [2.05, 4.69) is 103 Å². The van der Waals surface area contributed by atoms with Crippen LogP contribution < -0.4 is 4.90 Å². The smallest absolute Gasteiger partial charge is 0.0705 e. The summed E-state index contributed by atoms with van der Waals surface area (Å²) in [5, 5.41) is 0.739. The highest BCUT2D eigenvalue weighted by molar-refractivity contribution is 6.30. The minimum absolute atomic E-state index is 0.465. The van der Waals surface area contributed by atoms with Gasteiger partial charge in [0, 0.05) is 66.5 Å². The lowest BCUT2D eigenvalue weighted by atomic mass is 9.98. The Labute approximate surface area is 267 Å². The zero-order valence-corrected chi connectivity index (χ0v) is 27.0. The van der Waals surface area contributed by atoms with Gasteiger partial charge in [0.2, 0.25) is 0 Å². The van der Waals surface area contributed by atoms with Gasteiger partial charge in [0.1, 0.15) is 0 Å². The highest BCUT2D eigenvalue weighted by atomic mass is 35.5. The summed E-state index contributed by atoms with van der Waals surface area (Å²) >= 11 is 6.13. The first-order valence-corrected chi connectivity index (χ1v) is 16.0. The molecule has 3 aromatic carbocycles. The fourth-order valence-electron chi connectivity index (χ4n) is 6.28. The molecule has 224 valence electrons. The van der Waals surface area contributed by atoms with E-state index < -0.39 is 0 Å². The molecule has 1 fully saturated rings. The van der Waals surface area contributed by atoms with Crippen LogP contribution in [0.2, 0.25) is 5.02 Å². The van der Waals surface area contributed by atoms with E-state index in [1.54, 1.807) is 0 Å². The Morgan fingerprint density at radius 2 is 1.30 bits per heavy atom. The molecule has 0 spiro atoms. The number of aromatic nitrogens is 2. The van der Waals surface area contributed by atoms with Gasteiger partial charge in [0.05, 0.1) is 11.4 Å². The quantitative estimate of drug-likeness (QED) is 0.178. The molecule has 3 heterocycles. The predicted octanol–water partition coefficient (Wildman–Crippen LogP) is 9.37. The Morgan fingerprint density at radius 1 is 0.705 bits per heavy atom. The van der Waals surface area contributed by atoms with Crippen molar-refractivity contribution in [3.63, 3.8) is 0 Å². The van der Waals surface area contributed by atoms with Crippen molar-refractivity contribution < 1.29 is 0 Å². The fourth-order valence-corrected chi connectivity index (χ4v) is 6.40. The molecular weight excluding hydrogens is 560 g/mol. The monoisotopic (exact) mass is 600 g/mol. The maximum absolute atomic E-state index is 6.13. The molecule has 44 heavy (non-hydrogen) atoms. The van der Waals surface area contributed by atoms with Crippen LogP contribution in [0.25, 0.3) is 22.5 Å². The van der Waals surface area contributed by atoms with Crippen molar-refractivity contribution in [2.75, 3.05) is 18.0 Å². The summed E-state index contributed by atoms with van der Waals surface area (Å²) in [4.78, 5) is 14.6. The van der Waals surface area contributed by atoms with Crippen molar-refractivity contribution >= 4 is 17.3 Å². The van der Waals surface area contributed by atoms with E-state index in [1.165, 1.54) is 44.6 Å². The fraction of sp³-hybridized carbons (Fsp3) is 0.282. The van der Waals surface area contributed by atoms with Gasteiger partial charge in [-0.15, -0.1) is 0 Å². The number of piperidine rings is 1. The Kier molecular flexibility index (Phi) is 9.11. The minimum Gasteiger partial charge on any atom is -0.364 e. The molecule has 0 bridgehead atoms. The molecule has 1 aliphatic heterocycles. The molecule has 6 rings (SSSR count). The summed E-state index contributed by atoms with van der Waals surface area (Å²) in [5.74, 6) is 0. The molecule has 0 saturated carbocycles. The number of hydrogen-bond donors (Lipinski definition) is 0. The largest absolute Gasteiger partial charge is 0.364 e. The molecule has 0 amide bonds. The van der Waals surface area contributed by atoms with E-state index in [1.807, 2.05) is 36.7 Å². The second kappa shape index (κ2) is 13.3. The van der Waals surface area contributed by atoms with Crippen LogP contribution in [0, 0.1) is 27.7 Å². The molecule has 4 nitrogen and oxygen atoms in total. The van der Waals surface area contributed by atoms with Crippen LogP contribution in [0.5, 0.6) is 0 Å². The average molecular weight is 601 g/mol. The zero-order chi connectivity index (χ0) is 30.6.